The average molecular weight is 244 g/mol. The molecule has 2 rings (SSSR count). The smallest absolute Gasteiger partial charge is 0.335 e. The number of carbonyl (C=O) groups is 1. The Balaban J connectivity index is 2.10. The van der Waals surface area contributed by atoms with Crippen molar-refractivity contribution >= 4 is 5.97 Å². The fourth-order valence-electron chi connectivity index (χ4n) is 1.91. The van der Waals surface area contributed by atoms with Crippen LogP contribution in [0, 0.1) is 0 Å². The van der Waals surface area contributed by atoms with Crippen LogP contribution in [-0.4, -0.2) is 16.7 Å². The molecule has 1 unspecified atom stereocenters. The summed E-state index contributed by atoms with van der Waals surface area (Å²) in [6.45, 7) is 2.42. The van der Waals surface area contributed by atoms with E-state index in [9.17, 15) is 9.90 Å². The van der Waals surface area contributed by atoms with Crippen molar-refractivity contribution in [2.24, 2.45) is 0 Å². The molecule has 0 aliphatic carbocycles. The summed E-state index contributed by atoms with van der Waals surface area (Å²) in [7, 11) is 0. The molecule has 94 valence electrons. The van der Waals surface area contributed by atoms with E-state index in [1.807, 2.05) is 37.3 Å². The number of aliphatic carboxylic acids is 1. The predicted molar refractivity (Wildman–Crippen MR) is 69.7 cm³/mol. The van der Waals surface area contributed by atoms with Gasteiger partial charge in [-0.25, -0.2) is 4.79 Å². The molecule has 4 nitrogen and oxygen atoms in total. The van der Waals surface area contributed by atoms with Crippen molar-refractivity contribution < 1.29 is 9.90 Å². The maximum Gasteiger partial charge on any atom is 0.335 e. The first-order valence-electron chi connectivity index (χ1n) is 5.79. The highest BCUT2D eigenvalue weighted by Crippen LogP contribution is 2.18. The number of dihydropyridines is 1. The van der Waals surface area contributed by atoms with Gasteiger partial charge in [-0.05, 0) is 30.8 Å². The molecule has 18 heavy (non-hydrogen) atoms. The Morgan fingerprint density at radius 3 is 2.78 bits per heavy atom. The number of hydrogen-bond acceptors (Lipinski definition) is 3. The number of carboxylic acid groups (broad SMARTS) is 1. The van der Waals surface area contributed by atoms with Crippen LogP contribution >= 0.6 is 0 Å². The topological polar surface area (TPSA) is 61.4 Å². The summed E-state index contributed by atoms with van der Waals surface area (Å²) in [6.07, 6.45) is 5.04. The molecular weight excluding hydrogens is 228 g/mol. The lowest BCUT2D eigenvalue weighted by Crippen LogP contribution is -2.56. The zero-order valence-corrected chi connectivity index (χ0v) is 10.2. The molecule has 1 aliphatic heterocycles. The van der Waals surface area contributed by atoms with Gasteiger partial charge in [0.25, 0.3) is 0 Å². The molecule has 1 aromatic rings. The number of hydrogen-bond donors (Lipinski definition) is 3. The number of allylic oxidation sites excluding steroid dienone is 2. The Hall–Kier alpha value is -2.07. The summed E-state index contributed by atoms with van der Waals surface area (Å²) in [4.78, 5) is 11.2. The Labute approximate surface area is 106 Å². The van der Waals surface area contributed by atoms with E-state index in [-0.39, 0.29) is 0 Å². The predicted octanol–water partition coefficient (Wildman–Crippen LogP) is 1.62. The Morgan fingerprint density at radius 2 is 2.11 bits per heavy atom. The lowest BCUT2D eigenvalue weighted by molar-refractivity contribution is -0.133. The minimum absolute atomic E-state index is 0.306. The zero-order valence-electron chi connectivity index (χ0n) is 10.2. The van der Waals surface area contributed by atoms with Crippen LogP contribution < -0.4 is 10.6 Å². The second-order valence-electron chi connectivity index (χ2n) is 4.35. The van der Waals surface area contributed by atoms with E-state index in [0.29, 0.717) is 12.1 Å². The van der Waals surface area contributed by atoms with Gasteiger partial charge in [0.15, 0.2) is 0 Å². The molecule has 0 saturated heterocycles. The van der Waals surface area contributed by atoms with E-state index >= 15 is 0 Å². The summed E-state index contributed by atoms with van der Waals surface area (Å²) < 4.78 is 0. The van der Waals surface area contributed by atoms with Crippen molar-refractivity contribution in [2.75, 3.05) is 0 Å². The van der Waals surface area contributed by atoms with Gasteiger partial charge in [0.05, 0.1) is 5.57 Å². The van der Waals surface area contributed by atoms with Crippen LogP contribution in [0.2, 0.25) is 0 Å². The van der Waals surface area contributed by atoms with Crippen molar-refractivity contribution in [1.82, 2.24) is 10.6 Å². The largest absolute Gasteiger partial charge is 0.478 e. The minimum Gasteiger partial charge on any atom is -0.478 e. The number of nitrogens with one attached hydrogen (secondary N) is 2. The maximum atomic E-state index is 11.2. The highest BCUT2D eigenvalue weighted by molar-refractivity contribution is 5.89. The molecule has 1 atom stereocenters. The summed E-state index contributed by atoms with van der Waals surface area (Å²) in [5, 5.41) is 15.5. The van der Waals surface area contributed by atoms with Gasteiger partial charge in [-0.1, -0.05) is 30.3 Å². The normalized spacial score (nSPS) is 22.2. The van der Waals surface area contributed by atoms with Crippen molar-refractivity contribution in [3.8, 4) is 0 Å². The fraction of sp³-hybridized carbons (Fsp3) is 0.214. The molecule has 0 aromatic heterocycles. The third kappa shape index (κ3) is 2.60. The van der Waals surface area contributed by atoms with Gasteiger partial charge in [0.2, 0.25) is 0 Å². The highest BCUT2D eigenvalue weighted by atomic mass is 16.4. The van der Waals surface area contributed by atoms with Crippen molar-refractivity contribution in [3.63, 3.8) is 0 Å². The van der Waals surface area contributed by atoms with Crippen molar-refractivity contribution in [2.45, 2.75) is 19.1 Å². The third-order valence-corrected chi connectivity index (χ3v) is 2.99. The fourth-order valence-corrected chi connectivity index (χ4v) is 1.91. The van der Waals surface area contributed by atoms with Crippen LogP contribution in [0.4, 0.5) is 0 Å². The van der Waals surface area contributed by atoms with E-state index in [1.165, 1.54) is 0 Å². The first-order chi connectivity index (χ1) is 8.62. The molecular formula is C14H16N2O2. The van der Waals surface area contributed by atoms with Crippen LogP contribution in [0.5, 0.6) is 0 Å². The van der Waals surface area contributed by atoms with Gasteiger partial charge >= 0.3 is 5.97 Å². The van der Waals surface area contributed by atoms with Crippen LogP contribution in [0.25, 0.3) is 0 Å². The van der Waals surface area contributed by atoms with E-state index in [4.69, 9.17) is 0 Å². The standard InChI is InChI=1S/C14H16N2O2/c1-14(12(13(17)18)8-5-9-15-14)16-10-11-6-3-2-4-7-11/h2-9,15-16H,10H2,1H3,(H,17,18). The molecule has 0 spiro atoms. The first-order valence-corrected chi connectivity index (χ1v) is 5.79. The second kappa shape index (κ2) is 5.06. The third-order valence-electron chi connectivity index (χ3n) is 2.99. The molecule has 3 N–H and O–H groups in total. The lowest BCUT2D eigenvalue weighted by atomic mass is 9.98. The van der Waals surface area contributed by atoms with Gasteiger partial charge in [0.1, 0.15) is 5.66 Å². The van der Waals surface area contributed by atoms with Gasteiger partial charge in [-0.3, -0.25) is 5.32 Å². The van der Waals surface area contributed by atoms with Crippen molar-refractivity contribution in [3.05, 3.63) is 59.8 Å². The highest BCUT2D eigenvalue weighted by Gasteiger charge is 2.32. The molecule has 0 amide bonds. The molecule has 0 radical (unpaired) electrons. The Kier molecular flexibility index (Phi) is 3.48. The maximum absolute atomic E-state index is 11.2. The molecule has 0 fully saturated rings. The minimum atomic E-state index is -0.921. The van der Waals surface area contributed by atoms with E-state index < -0.39 is 11.6 Å². The zero-order chi connectivity index (χ0) is 13.0. The quantitative estimate of drug-likeness (QED) is 0.753. The second-order valence-corrected chi connectivity index (χ2v) is 4.35. The van der Waals surface area contributed by atoms with E-state index in [0.717, 1.165) is 5.56 Å². The van der Waals surface area contributed by atoms with Crippen LogP contribution in [0.3, 0.4) is 0 Å². The van der Waals surface area contributed by atoms with Crippen LogP contribution in [0.15, 0.2) is 54.3 Å². The SMILES string of the molecule is CC1(NCc2ccccc2)NC=CC=C1C(=O)O. The van der Waals surface area contributed by atoms with Crippen molar-refractivity contribution in [1.29, 1.82) is 0 Å². The molecule has 4 heteroatoms. The summed E-state index contributed by atoms with van der Waals surface area (Å²) in [5.41, 5.74) is 0.664. The van der Waals surface area contributed by atoms with Gasteiger partial charge in [-0.15, -0.1) is 0 Å². The average Bonchev–Trinajstić information content (AvgIpc) is 2.38. The summed E-state index contributed by atoms with van der Waals surface area (Å²) in [6, 6.07) is 9.87. The Morgan fingerprint density at radius 1 is 1.39 bits per heavy atom. The summed E-state index contributed by atoms with van der Waals surface area (Å²) in [5.74, 6) is -0.921. The first kappa shape index (κ1) is 12.4. The Bertz CT molecular complexity index is 494. The number of carboxylic acids is 1. The number of benzene rings is 1. The van der Waals surface area contributed by atoms with Gasteiger partial charge in [0, 0.05) is 6.54 Å². The van der Waals surface area contributed by atoms with Gasteiger partial charge in [-0.2, -0.15) is 0 Å². The molecule has 1 aliphatic rings. The number of rotatable bonds is 4. The van der Waals surface area contributed by atoms with Gasteiger partial charge < -0.3 is 10.4 Å². The monoisotopic (exact) mass is 244 g/mol. The molecule has 0 bridgehead atoms. The van der Waals surface area contributed by atoms with E-state index in [1.54, 1.807) is 18.4 Å². The molecule has 1 aromatic carbocycles. The van der Waals surface area contributed by atoms with E-state index in [2.05, 4.69) is 10.6 Å². The van der Waals surface area contributed by atoms with Crippen LogP contribution in [0.1, 0.15) is 12.5 Å². The van der Waals surface area contributed by atoms with Crippen LogP contribution in [-0.2, 0) is 11.3 Å². The molecule has 0 saturated carbocycles. The lowest BCUT2D eigenvalue weighted by Gasteiger charge is -2.34. The molecule has 1 heterocycles. The summed E-state index contributed by atoms with van der Waals surface area (Å²) >= 11 is 0.